The number of benzene rings is 5. The second kappa shape index (κ2) is 36.4. The predicted octanol–water partition coefficient (Wildman–Crippen LogP) is 14.6. The summed E-state index contributed by atoms with van der Waals surface area (Å²) in [6, 6.07) is 31.4. The lowest BCUT2D eigenvalue weighted by Gasteiger charge is -2.38. The van der Waals surface area contributed by atoms with Gasteiger partial charge in [-0.1, -0.05) is 36.4 Å². The number of alkyl halides is 4. The molecule has 41 heteroatoms. The van der Waals surface area contributed by atoms with Gasteiger partial charge in [0.15, 0.2) is 35.3 Å². The molecule has 31 nitrogen and oxygen atoms in total. The van der Waals surface area contributed by atoms with E-state index in [1.807, 2.05) is 47.6 Å². The van der Waals surface area contributed by atoms with Gasteiger partial charge in [-0.3, -0.25) is 52.9 Å². The summed E-state index contributed by atoms with van der Waals surface area (Å²) in [6.45, 7) is 21.7. The summed E-state index contributed by atoms with van der Waals surface area (Å²) in [6.07, 6.45) is 2.87. The van der Waals surface area contributed by atoms with Crippen LogP contribution in [0.3, 0.4) is 0 Å². The molecule has 7 aromatic heterocycles. The first-order valence-electron chi connectivity index (χ1n) is 43.2. The van der Waals surface area contributed by atoms with Gasteiger partial charge in [0.25, 0.3) is 23.6 Å². The second-order valence-electron chi connectivity index (χ2n) is 36.5. The molecule has 0 spiro atoms. The minimum Gasteiger partial charge on any atom is -0.461 e. The minimum atomic E-state index is -3.17. The van der Waals surface area contributed by atoms with Crippen molar-refractivity contribution >= 4 is 107 Å². The van der Waals surface area contributed by atoms with Crippen LogP contribution in [0.2, 0.25) is 0 Å². The molecule has 11 heterocycles. The van der Waals surface area contributed by atoms with Gasteiger partial charge in [0.2, 0.25) is 25.4 Å². The SMILES string of the molecule is CC(F)Oc1cccc(-c2nn(C(C)C)c3cc(C(=O)NC4(C)CCS(=O)(=O)CC4)cnc23)c1.CC(F)Oc1cccc(-c2nn(C3CC3)c3c(F)c(C(=O)NC4(C)CS(=O)(=O)C4)ccc23)c1.CC(F)Oc1cccc(-c2nn(C3CC3)c3cc(C(=O)NC4(C)CS(=O)(=O)C4)cc(F)c23)c1.Cc1ncc(OC(C)F)cc1-c1nn(C(C)C)c2cc(C(=O)NC3(C)CS(=O)(=O)C3)ncc12. The zero-order valence-electron chi connectivity index (χ0n) is 75.1. The number of nitrogens with zero attached hydrogens (tertiary/aromatic N) is 11. The second-order valence-corrected chi connectivity index (χ2v) is 45.0. The zero-order valence-corrected chi connectivity index (χ0v) is 78.3. The molecule has 0 radical (unpaired) electrons. The van der Waals surface area contributed by atoms with Gasteiger partial charge in [0.1, 0.15) is 78.2 Å². The van der Waals surface area contributed by atoms with E-state index in [4.69, 9.17) is 29.1 Å². The van der Waals surface area contributed by atoms with E-state index in [1.165, 1.54) is 46.2 Å². The highest BCUT2D eigenvalue weighted by molar-refractivity contribution is 7.93. The highest BCUT2D eigenvalue weighted by atomic mass is 32.2. The fourth-order valence-corrected chi connectivity index (χ4v) is 24.7. The van der Waals surface area contributed by atoms with Crippen LogP contribution < -0.4 is 40.2 Å². The van der Waals surface area contributed by atoms with Crippen LogP contribution in [0.5, 0.6) is 23.0 Å². The average Bonchev–Trinajstić information content (AvgIpc) is 1.61. The van der Waals surface area contributed by atoms with Gasteiger partial charge in [0.05, 0.1) is 114 Å². The third-order valence-electron chi connectivity index (χ3n) is 23.1. The number of rotatable bonds is 24. The summed E-state index contributed by atoms with van der Waals surface area (Å²) in [4.78, 5) is 64.7. The number of aromatic nitrogens is 11. The smallest absolute Gasteiger partial charge is 0.270 e. The Morgan fingerprint density at radius 2 is 0.880 bits per heavy atom. The molecule has 0 bridgehead atoms. The first-order valence-corrected chi connectivity index (χ1v) is 50.5. The summed E-state index contributed by atoms with van der Waals surface area (Å²) >= 11 is 0. The summed E-state index contributed by atoms with van der Waals surface area (Å²) < 4.78 is 205. The minimum absolute atomic E-state index is 0.00252. The molecule has 6 aliphatic rings. The molecular formula is C92H101F6N15O16S4. The van der Waals surface area contributed by atoms with Gasteiger partial charge in [0, 0.05) is 102 Å². The van der Waals surface area contributed by atoms with Crippen molar-refractivity contribution in [2.75, 3.05) is 46.0 Å². The molecule has 6 fully saturated rings. The normalized spacial score (nSPS) is 18.7. The van der Waals surface area contributed by atoms with Crippen LogP contribution in [0, 0.1) is 18.6 Å². The number of sulfone groups is 4. The third kappa shape index (κ3) is 21.6. The van der Waals surface area contributed by atoms with E-state index in [0.717, 1.165) is 37.3 Å². The van der Waals surface area contributed by atoms with Crippen molar-refractivity contribution in [1.29, 1.82) is 0 Å². The van der Waals surface area contributed by atoms with E-state index in [2.05, 4.69) is 46.4 Å². The van der Waals surface area contributed by atoms with E-state index in [-0.39, 0.29) is 110 Å². The van der Waals surface area contributed by atoms with Crippen LogP contribution in [0.15, 0.2) is 134 Å². The number of aryl methyl sites for hydroxylation is 1. The molecule has 12 aromatic rings. The van der Waals surface area contributed by atoms with E-state index in [0.29, 0.717) is 114 Å². The van der Waals surface area contributed by atoms with Crippen LogP contribution in [0.25, 0.3) is 88.8 Å². The Hall–Kier alpha value is -12.1. The lowest BCUT2D eigenvalue weighted by molar-refractivity contribution is 0.0852. The fraction of sp³-hybridized carbons (Fsp3) is 0.424. The summed E-state index contributed by atoms with van der Waals surface area (Å²) in [5.41, 5.74) is 5.41. The van der Waals surface area contributed by atoms with Crippen LogP contribution in [0.1, 0.15) is 193 Å². The summed E-state index contributed by atoms with van der Waals surface area (Å²) in [7, 11) is -12.4. The first kappa shape index (κ1) is 95.5. The van der Waals surface area contributed by atoms with Gasteiger partial charge in [-0.25, -0.2) is 60.0 Å². The van der Waals surface area contributed by atoms with Gasteiger partial charge in [-0.05, 0) is 180 Å². The van der Waals surface area contributed by atoms with E-state index < -0.39 is 116 Å². The summed E-state index contributed by atoms with van der Waals surface area (Å²) in [5, 5.41) is 31.4. The first-order chi connectivity index (χ1) is 62.4. The number of hydrogen-bond donors (Lipinski definition) is 4. The lowest BCUT2D eigenvalue weighted by Crippen LogP contribution is -2.63. The number of fused-ring (bicyclic) bond motifs is 4. The molecule has 706 valence electrons. The predicted molar refractivity (Wildman–Crippen MR) is 488 cm³/mol. The molecule has 4 N–H and O–H groups in total. The van der Waals surface area contributed by atoms with Gasteiger partial charge in [-0.2, -0.15) is 20.4 Å². The van der Waals surface area contributed by atoms with Crippen molar-refractivity contribution in [3.8, 4) is 68.0 Å². The van der Waals surface area contributed by atoms with Crippen LogP contribution >= 0.6 is 0 Å². The Morgan fingerprint density at radius 1 is 0.429 bits per heavy atom. The molecule has 4 saturated heterocycles. The summed E-state index contributed by atoms with van der Waals surface area (Å²) in [5.74, 6) is -2.65. The quantitative estimate of drug-likeness (QED) is 0.0408. The third-order valence-corrected chi connectivity index (χ3v) is 31.2. The van der Waals surface area contributed by atoms with Crippen molar-refractivity contribution < 1.29 is 98.1 Å². The van der Waals surface area contributed by atoms with Crippen LogP contribution in [-0.2, 0) is 39.3 Å². The molecule has 4 atom stereocenters. The van der Waals surface area contributed by atoms with Crippen LogP contribution in [0.4, 0.5) is 26.3 Å². The van der Waals surface area contributed by atoms with Crippen molar-refractivity contribution in [3.05, 3.63) is 174 Å². The maximum Gasteiger partial charge on any atom is 0.270 e. The topological polar surface area (TPSA) is 400 Å². The van der Waals surface area contributed by atoms with Crippen molar-refractivity contribution in [2.24, 2.45) is 0 Å². The molecule has 4 amide bonds. The largest absolute Gasteiger partial charge is 0.461 e. The van der Waals surface area contributed by atoms with Gasteiger partial charge < -0.3 is 40.2 Å². The molecule has 4 unspecified atom stereocenters. The van der Waals surface area contributed by atoms with Crippen molar-refractivity contribution in [2.45, 2.75) is 200 Å². The number of nitrogens with one attached hydrogen (secondary N) is 4. The lowest BCUT2D eigenvalue weighted by atomic mass is 9.94. The van der Waals surface area contributed by atoms with E-state index in [1.54, 1.807) is 143 Å². The van der Waals surface area contributed by atoms with E-state index in [9.17, 15) is 70.4 Å². The maximum absolute atomic E-state index is 15.7. The van der Waals surface area contributed by atoms with Crippen LogP contribution in [-0.4, -0.2) is 205 Å². The zero-order chi connectivity index (χ0) is 95.9. The number of ether oxygens (including phenoxy) is 4. The fourth-order valence-electron chi connectivity index (χ4n) is 17.0. The molecule has 5 aromatic carbocycles. The Balaban J connectivity index is 0.000000135. The van der Waals surface area contributed by atoms with E-state index >= 15 is 8.78 Å². The number of hydrogen-bond acceptors (Lipinski definition) is 23. The van der Waals surface area contributed by atoms with Gasteiger partial charge >= 0.3 is 0 Å². The molecule has 133 heavy (non-hydrogen) atoms. The highest BCUT2D eigenvalue weighted by Gasteiger charge is 2.49. The molecular weight excluding hydrogens is 1810 g/mol. The standard InChI is InChI=1S/C24H29FN4O4S.2C23H23F2N3O4S.C22H26FN5O4S/c1-15(2)29-20-13-18(23(30)27-24(4)8-10-34(31,32)11-9-24)14-26-22(20)21(28-29)17-6-5-7-19(12-17)33-16(3)25;1-13(24)32-17-5-3-4-14(8-17)21-20-18(25)9-15(10-19(20)28(27-21)16-6-7-16)22(29)26-23(2)11-33(30,31)12-23;1-13(24)32-16-5-3-4-14(10-16)20-18-9-8-17(19(25)21(18)28(27-20)15-6-7-15)22(29)26-23(2)11-33(30,31)12-23;1-12(2)28-19-7-18(21(29)26-22(5)10-33(30,31)11-22)25-9-17(19)20(27-28)16-6-15(32-14(4)23)8-24-13(16)3/h5-7,12-16H,8-11H2,1-4H3,(H,27,30);3-5,8-10,13,16H,6-7,11-12H2,1-2H3,(H,26,29);3-5,8-10,13,15H,6-7,11-12H2,1-2H3,(H,26,29);6-9,12,14H,10-11H2,1-5H3,(H,26,29). The van der Waals surface area contributed by atoms with Crippen molar-refractivity contribution in [3.63, 3.8) is 0 Å². The Bertz CT molecular complexity index is 7070. The average molecular weight is 1920 g/mol. The number of halogens is 6. The Labute approximate surface area is 763 Å². The molecule has 4 aliphatic heterocycles. The maximum atomic E-state index is 15.7. The number of pyridine rings is 3. The number of carbonyl (C=O) groups is 4. The molecule has 2 aliphatic carbocycles. The van der Waals surface area contributed by atoms with Crippen molar-refractivity contribution in [1.82, 2.24) is 75.3 Å². The Morgan fingerprint density at radius 3 is 1.39 bits per heavy atom. The Kier molecular flexibility index (Phi) is 26.1. The number of amides is 4. The monoisotopic (exact) mass is 1910 g/mol. The number of carbonyl (C=O) groups excluding carboxylic acids is 4. The molecule has 2 saturated carbocycles. The highest BCUT2D eigenvalue weighted by Crippen LogP contribution is 2.45. The van der Waals surface area contributed by atoms with Gasteiger partial charge in [-0.15, -0.1) is 0 Å². The molecule has 18 rings (SSSR count).